The number of hydrogen-bond donors (Lipinski definition) is 0. The van der Waals surface area contributed by atoms with E-state index in [0.29, 0.717) is 26.4 Å². The van der Waals surface area contributed by atoms with E-state index >= 15 is 0 Å². The van der Waals surface area contributed by atoms with Crippen molar-refractivity contribution in [2.24, 2.45) is 0 Å². The molecular formula is C71H78O10SSi. The molecule has 83 heavy (non-hydrogen) atoms. The zero-order valence-electron chi connectivity index (χ0n) is 48.0. The summed E-state index contributed by atoms with van der Waals surface area (Å²) < 4.78 is 72.1. The third-order valence-corrected chi connectivity index (χ3v) is 21.9. The molecule has 0 N–H and O–H groups in total. The second kappa shape index (κ2) is 30.1. The lowest BCUT2D eigenvalue weighted by Gasteiger charge is -2.51. The van der Waals surface area contributed by atoms with Crippen LogP contribution in [0.4, 0.5) is 0 Å². The first-order chi connectivity index (χ1) is 40.8. The van der Waals surface area contributed by atoms with Crippen LogP contribution >= 0.6 is 11.8 Å². The first kappa shape index (κ1) is 60.1. The van der Waals surface area contributed by atoms with Gasteiger partial charge in [0.05, 0.1) is 64.2 Å². The maximum absolute atomic E-state index is 7.87. The van der Waals surface area contributed by atoms with Gasteiger partial charge in [-0.15, -0.1) is 11.8 Å². The SMILES string of the molecule is CO[C@H]1O[C@H](COCc2ccccc2)[C@H](S[C@@H]2O[C@H](CO[Si](c3ccccc3)(c3ccccc3)C(C)(C)C)[C@@H](OCc3ccccc3)[C@H](OCc3ccccc3)[C@H]2OCc2ccccc2)[C@H](OCc2ccccc2)[C@H]1OCc1ccccc1. The zero-order valence-corrected chi connectivity index (χ0v) is 49.8. The normalized spacial score (nSPS) is 22.9. The van der Waals surface area contributed by atoms with Gasteiger partial charge in [-0.05, 0) is 48.8 Å². The van der Waals surface area contributed by atoms with Crippen LogP contribution in [0.15, 0.2) is 243 Å². The molecule has 10 rings (SSSR count). The third kappa shape index (κ3) is 15.8. The fraction of sp³-hybridized carbons (Fsp3) is 0.324. The molecule has 0 unspecified atom stereocenters. The molecule has 8 aromatic carbocycles. The van der Waals surface area contributed by atoms with Crippen molar-refractivity contribution in [3.8, 4) is 0 Å². The van der Waals surface area contributed by atoms with E-state index < -0.39 is 68.0 Å². The number of ether oxygens (including phenoxy) is 9. The number of rotatable bonds is 27. The quantitative estimate of drug-likeness (QED) is 0.0461. The molecule has 0 aromatic heterocycles. The van der Waals surface area contributed by atoms with Gasteiger partial charge < -0.3 is 47.1 Å². The minimum atomic E-state index is -3.15. The van der Waals surface area contributed by atoms with E-state index in [0.717, 1.165) is 43.8 Å². The number of methoxy groups -OCH3 is 1. The lowest BCUT2D eigenvalue weighted by Crippen LogP contribution is -2.68. The van der Waals surface area contributed by atoms with E-state index in [1.807, 2.05) is 109 Å². The Balaban J connectivity index is 1.10. The molecule has 0 amide bonds. The molecule has 2 saturated heterocycles. The molecular weight excluding hydrogens is 1070 g/mol. The maximum Gasteiger partial charge on any atom is 0.261 e. The smallest absolute Gasteiger partial charge is 0.261 e. The van der Waals surface area contributed by atoms with Crippen molar-refractivity contribution in [1.82, 2.24) is 0 Å². The summed E-state index contributed by atoms with van der Waals surface area (Å²) in [4.78, 5) is 0. The molecule has 10 atom stereocenters. The zero-order chi connectivity index (χ0) is 57.1. The number of benzene rings is 8. The molecule has 2 aliphatic rings. The van der Waals surface area contributed by atoms with Crippen LogP contribution in [0, 0.1) is 0 Å². The largest absolute Gasteiger partial charge is 0.405 e. The standard InChI is InChI=1S/C71H78O10SSi/c1-71(2,3)83(59-41-25-11-26-42-59,60-43-27-12-28-44-60)79-52-61-63(74-46-54-31-15-6-16-32-54)64(75-47-55-33-17-7-18-34-55)67(78-50-58-39-23-10-24-40-58)70(81-61)82-68-62(51-73-45-53-29-13-5-14-30-53)80-69(72-4)66(77-49-57-37-21-9-22-38-57)65(68)76-48-56-35-19-8-20-36-56/h5-44,61-70H,45-52H2,1-4H3/t61-,62-,63-,64+,65-,66-,67-,68+,69+,70+/m1/s1. The third-order valence-electron chi connectivity index (χ3n) is 15.4. The fourth-order valence-electron chi connectivity index (χ4n) is 11.2. The molecule has 0 radical (unpaired) electrons. The fourth-order valence-corrected chi connectivity index (χ4v) is 17.4. The predicted molar refractivity (Wildman–Crippen MR) is 330 cm³/mol. The molecule has 0 spiro atoms. The minimum Gasteiger partial charge on any atom is -0.405 e. The van der Waals surface area contributed by atoms with E-state index in [1.165, 1.54) is 0 Å². The van der Waals surface area contributed by atoms with Gasteiger partial charge in [-0.25, -0.2) is 0 Å². The molecule has 0 bridgehead atoms. The first-order valence-electron chi connectivity index (χ1n) is 28.9. The lowest BCUT2D eigenvalue weighted by atomic mass is 9.98. The van der Waals surface area contributed by atoms with E-state index in [-0.39, 0.29) is 31.5 Å². The van der Waals surface area contributed by atoms with Crippen molar-refractivity contribution in [1.29, 1.82) is 0 Å². The average molecular weight is 1150 g/mol. The van der Waals surface area contributed by atoms with Crippen LogP contribution < -0.4 is 10.4 Å². The maximum atomic E-state index is 7.87. The molecule has 0 aliphatic carbocycles. The van der Waals surface area contributed by atoms with Crippen molar-refractivity contribution < 1.29 is 47.1 Å². The summed E-state index contributed by atoms with van der Waals surface area (Å²) in [5.41, 5.74) is 5.38. The molecule has 2 aliphatic heterocycles. The summed E-state index contributed by atoms with van der Waals surface area (Å²) in [7, 11) is -1.49. The molecule has 2 fully saturated rings. The van der Waals surface area contributed by atoms with Gasteiger partial charge in [0, 0.05) is 7.11 Å². The van der Waals surface area contributed by atoms with E-state index in [2.05, 4.69) is 154 Å². The van der Waals surface area contributed by atoms with E-state index in [1.54, 1.807) is 18.9 Å². The predicted octanol–water partition coefficient (Wildman–Crippen LogP) is 12.9. The van der Waals surface area contributed by atoms with E-state index in [4.69, 9.17) is 47.1 Å². The van der Waals surface area contributed by atoms with Gasteiger partial charge >= 0.3 is 0 Å². The van der Waals surface area contributed by atoms with Gasteiger partial charge in [-0.1, -0.05) is 263 Å². The van der Waals surface area contributed by atoms with Crippen molar-refractivity contribution in [3.05, 3.63) is 276 Å². The molecule has 432 valence electrons. The molecule has 2 heterocycles. The average Bonchev–Trinajstić information content (AvgIpc) is 2.75. The Kier molecular flexibility index (Phi) is 21.8. The van der Waals surface area contributed by atoms with Gasteiger partial charge in [-0.2, -0.15) is 0 Å². The minimum absolute atomic E-state index is 0.174. The van der Waals surface area contributed by atoms with E-state index in [9.17, 15) is 0 Å². The highest BCUT2D eigenvalue weighted by molar-refractivity contribution is 8.00. The molecule has 10 nitrogen and oxygen atoms in total. The van der Waals surface area contributed by atoms with Gasteiger partial charge in [-0.3, -0.25) is 0 Å². The first-order valence-corrected chi connectivity index (χ1v) is 31.7. The highest BCUT2D eigenvalue weighted by Gasteiger charge is 2.56. The molecule has 12 heteroatoms. The van der Waals surface area contributed by atoms with Crippen molar-refractivity contribution in [3.63, 3.8) is 0 Å². The Bertz CT molecular complexity index is 3040. The summed E-state index contributed by atoms with van der Waals surface area (Å²) in [6, 6.07) is 82.8. The van der Waals surface area contributed by atoms with Gasteiger partial charge in [0.15, 0.2) is 6.29 Å². The highest BCUT2D eigenvalue weighted by Crippen LogP contribution is 2.44. The Labute approximate surface area is 496 Å². The summed E-state index contributed by atoms with van der Waals surface area (Å²) >= 11 is 1.61. The lowest BCUT2D eigenvalue weighted by molar-refractivity contribution is -0.283. The summed E-state index contributed by atoms with van der Waals surface area (Å²) in [5, 5.41) is 1.50. The Morgan fingerprint density at radius 2 is 0.723 bits per heavy atom. The monoisotopic (exact) mass is 1150 g/mol. The summed E-state index contributed by atoms with van der Waals surface area (Å²) in [5.74, 6) is 0. The van der Waals surface area contributed by atoms with Crippen LogP contribution in [-0.2, 0) is 86.7 Å². The number of thioether (sulfide) groups is 1. The number of hydrogen-bond acceptors (Lipinski definition) is 11. The second-order valence-electron chi connectivity index (χ2n) is 22.2. The van der Waals surface area contributed by atoms with Crippen LogP contribution in [0.1, 0.15) is 54.2 Å². The Morgan fingerprint density at radius 3 is 1.12 bits per heavy atom. The van der Waals surface area contributed by atoms with Crippen LogP contribution in [0.5, 0.6) is 0 Å². The van der Waals surface area contributed by atoms with Crippen LogP contribution in [0.3, 0.4) is 0 Å². The summed E-state index contributed by atoms with van der Waals surface area (Å²) in [6.45, 7) is 9.11. The topological polar surface area (TPSA) is 92.3 Å². The highest BCUT2D eigenvalue weighted by atomic mass is 32.2. The second-order valence-corrected chi connectivity index (χ2v) is 27.8. The van der Waals surface area contributed by atoms with Crippen LogP contribution in [0.2, 0.25) is 5.04 Å². The van der Waals surface area contributed by atoms with Crippen molar-refractivity contribution >= 4 is 30.5 Å². The Morgan fingerprint density at radius 1 is 0.373 bits per heavy atom. The summed E-state index contributed by atoms with van der Waals surface area (Å²) in [6.07, 6.45) is -5.52. The van der Waals surface area contributed by atoms with Crippen molar-refractivity contribution in [2.75, 3.05) is 20.3 Å². The van der Waals surface area contributed by atoms with Crippen LogP contribution in [0.25, 0.3) is 0 Å². The van der Waals surface area contributed by atoms with Crippen molar-refractivity contribution in [2.45, 2.75) is 125 Å². The molecule has 8 aromatic rings. The molecule has 0 saturated carbocycles. The van der Waals surface area contributed by atoms with Gasteiger partial charge in [0.25, 0.3) is 8.32 Å². The Hall–Kier alpha value is -6.07. The van der Waals surface area contributed by atoms with Gasteiger partial charge in [0.1, 0.15) is 42.1 Å². The van der Waals surface area contributed by atoms with Crippen LogP contribution in [-0.4, -0.2) is 88.3 Å². The van der Waals surface area contributed by atoms with Gasteiger partial charge in [0.2, 0.25) is 0 Å².